The van der Waals surface area contributed by atoms with Crippen LogP contribution in [0, 0.1) is 0 Å². The number of benzene rings is 1. The second-order valence-electron chi connectivity index (χ2n) is 5.27. The van der Waals surface area contributed by atoms with Crippen LogP contribution in [-0.2, 0) is 16.2 Å². The van der Waals surface area contributed by atoms with Crippen molar-refractivity contribution in [3.05, 3.63) is 48.2 Å². The van der Waals surface area contributed by atoms with Gasteiger partial charge in [-0.3, -0.25) is 0 Å². The van der Waals surface area contributed by atoms with Gasteiger partial charge in [-0.15, -0.1) is 0 Å². The van der Waals surface area contributed by atoms with Crippen molar-refractivity contribution < 1.29 is 14.4 Å². The van der Waals surface area contributed by atoms with Crippen LogP contribution in [0.5, 0.6) is 5.75 Å². The van der Waals surface area contributed by atoms with E-state index in [2.05, 4.69) is 15.8 Å². The third kappa shape index (κ3) is 2.77. The fourth-order valence-corrected chi connectivity index (χ4v) is 2.72. The Balaban J connectivity index is 2.11. The van der Waals surface area contributed by atoms with E-state index in [0.29, 0.717) is 6.54 Å². The number of allylic oxidation sites excluding steroid dienone is 4. The van der Waals surface area contributed by atoms with E-state index in [1.54, 1.807) is 7.11 Å². The Morgan fingerprint density at radius 2 is 2.17 bits per heavy atom. The van der Waals surface area contributed by atoms with Crippen LogP contribution < -0.4 is 4.74 Å². The Kier molecular flexibility index (Phi) is 4.02. The van der Waals surface area contributed by atoms with Crippen molar-refractivity contribution >= 4 is 28.2 Å². The minimum Gasteiger partial charge on any atom is -0.497 e. The van der Waals surface area contributed by atoms with Crippen LogP contribution >= 0.6 is 0 Å². The van der Waals surface area contributed by atoms with Gasteiger partial charge in [0.15, 0.2) is 0 Å². The Hall–Kier alpha value is -2.82. The van der Waals surface area contributed by atoms with Crippen molar-refractivity contribution in [2.75, 3.05) is 7.11 Å². The molecule has 3 rings (SSSR count). The third-order valence-electron chi connectivity index (χ3n) is 3.74. The lowest BCUT2D eigenvalue weighted by Gasteiger charge is -2.02. The molecule has 0 saturated carbocycles. The SMILES string of the molecule is C\C=C/C=C1\C(=N\OC(C)=O)Cn2c1cc1cc(OC)ccc12. The summed E-state index contributed by atoms with van der Waals surface area (Å²) in [6.07, 6.45) is 5.88. The van der Waals surface area contributed by atoms with Gasteiger partial charge in [0.25, 0.3) is 0 Å². The molecule has 2 aromatic rings. The summed E-state index contributed by atoms with van der Waals surface area (Å²) in [6.45, 7) is 3.87. The van der Waals surface area contributed by atoms with Gasteiger partial charge in [-0.05, 0) is 31.2 Å². The molecule has 0 N–H and O–H groups in total. The van der Waals surface area contributed by atoms with Crippen LogP contribution in [0.3, 0.4) is 0 Å². The van der Waals surface area contributed by atoms with E-state index in [1.165, 1.54) is 6.92 Å². The van der Waals surface area contributed by atoms with E-state index in [1.807, 2.05) is 43.4 Å². The molecule has 0 saturated heterocycles. The Morgan fingerprint density at radius 3 is 2.87 bits per heavy atom. The van der Waals surface area contributed by atoms with Crippen LogP contribution in [0.4, 0.5) is 0 Å². The minimum atomic E-state index is -0.422. The number of hydrogen-bond acceptors (Lipinski definition) is 4. The molecule has 0 fully saturated rings. The topological polar surface area (TPSA) is 52.8 Å². The molecule has 118 valence electrons. The van der Waals surface area contributed by atoms with Crippen LogP contribution in [0.25, 0.3) is 16.5 Å². The molecule has 5 nitrogen and oxygen atoms in total. The van der Waals surface area contributed by atoms with Crippen molar-refractivity contribution in [2.45, 2.75) is 20.4 Å². The predicted molar refractivity (Wildman–Crippen MR) is 90.5 cm³/mol. The van der Waals surface area contributed by atoms with Gasteiger partial charge in [-0.2, -0.15) is 0 Å². The van der Waals surface area contributed by atoms with Gasteiger partial charge >= 0.3 is 5.97 Å². The summed E-state index contributed by atoms with van der Waals surface area (Å²) in [4.78, 5) is 15.9. The molecule has 0 bridgehead atoms. The molecule has 5 heteroatoms. The first-order valence-electron chi connectivity index (χ1n) is 7.39. The largest absolute Gasteiger partial charge is 0.497 e. The summed E-state index contributed by atoms with van der Waals surface area (Å²) in [7, 11) is 1.66. The van der Waals surface area contributed by atoms with Gasteiger partial charge in [0, 0.05) is 23.4 Å². The first-order chi connectivity index (χ1) is 11.1. The molecular formula is C18H18N2O3. The second kappa shape index (κ2) is 6.12. The number of nitrogens with zero attached hydrogens (tertiary/aromatic N) is 2. The van der Waals surface area contributed by atoms with E-state index in [4.69, 9.17) is 9.57 Å². The van der Waals surface area contributed by atoms with Crippen LogP contribution in [-0.4, -0.2) is 23.4 Å². The molecule has 0 radical (unpaired) electrons. The summed E-state index contributed by atoms with van der Waals surface area (Å²) in [5.74, 6) is 0.406. The zero-order chi connectivity index (χ0) is 16.4. The fourth-order valence-electron chi connectivity index (χ4n) is 2.72. The quantitative estimate of drug-likeness (QED) is 0.643. The number of carbonyl (C=O) groups is 1. The Morgan fingerprint density at radius 1 is 1.35 bits per heavy atom. The minimum absolute atomic E-state index is 0.422. The second-order valence-corrected chi connectivity index (χ2v) is 5.27. The first-order valence-corrected chi connectivity index (χ1v) is 7.39. The zero-order valence-electron chi connectivity index (χ0n) is 13.4. The number of rotatable bonds is 3. The monoisotopic (exact) mass is 310 g/mol. The highest BCUT2D eigenvalue weighted by Gasteiger charge is 2.25. The lowest BCUT2D eigenvalue weighted by molar-refractivity contribution is -0.140. The third-order valence-corrected chi connectivity index (χ3v) is 3.74. The van der Waals surface area contributed by atoms with Crippen molar-refractivity contribution in [3.8, 4) is 5.75 Å². The normalized spacial score (nSPS) is 17.3. The van der Waals surface area contributed by atoms with Crippen LogP contribution in [0.1, 0.15) is 19.5 Å². The molecule has 1 aromatic carbocycles. The molecule has 0 aliphatic carbocycles. The molecule has 0 unspecified atom stereocenters. The summed E-state index contributed by atoms with van der Waals surface area (Å²) in [5.41, 5.74) is 3.85. The average Bonchev–Trinajstić information content (AvgIpc) is 3.05. The number of fused-ring (bicyclic) bond motifs is 3. The Bertz CT molecular complexity index is 857. The predicted octanol–water partition coefficient (Wildman–Crippen LogP) is 3.54. The van der Waals surface area contributed by atoms with E-state index >= 15 is 0 Å². The number of carbonyl (C=O) groups excluding carboxylic acids is 1. The highest BCUT2D eigenvalue weighted by molar-refractivity contribution is 6.27. The van der Waals surface area contributed by atoms with E-state index in [0.717, 1.165) is 33.6 Å². The summed E-state index contributed by atoms with van der Waals surface area (Å²) in [5, 5.41) is 5.11. The molecule has 1 aliphatic rings. The van der Waals surface area contributed by atoms with E-state index in [9.17, 15) is 4.79 Å². The lowest BCUT2D eigenvalue weighted by atomic mass is 10.1. The molecule has 1 aliphatic heterocycles. The number of ether oxygens (including phenoxy) is 1. The van der Waals surface area contributed by atoms with Crippen molar-refractivity contribution in [1.82, 2.24) is 4.57 Å². The van der Waals surface area contributed by atoms with Crippen molar-refractivity contribution in [2.24, 2.45) is 5.16 Å². The van der Waals surface area contributed by atoms with Crippen LogP contribution in [0.15, 0.2) is 47.6 Å². The van der Waals surface area contributed by atoms with E-state index < -0.39 is 5.97 Å². The number of methoxy groups -OCH3 is 1. The van der Waals surface area contributed by atoms with Gasteiger partial charge < -0.3 is 14.1 Å². The Labute approximate surface area is 134 Å². The van der Waals surface area contributed by atoms with Gasteiger partial charge in [0.1, 0.15) is 11.5 Å². The summed E-state index contributed by atoms with van der Waals surface area (Å²) in [6, 6.07) is 8.08. The van der Waals surface area contributed by atoms with Gasteiger partial charge in [-0.25, -0.2) is 4.79 Å². The maximum Gasteiger partial charge on any atom is 0.331 e. The molecule has 23 heavy (non-hydrogen) atoms. The van der Waals surface area contributed by atoms with Gasteiger partial charge in [-0.1, -0.05) is 23.4 Å². The maximum atomic E-state index is 11.0. The van der Waals surface area contributed by atoms with Crippen molar-refractivity contribution in [3.63, 3.8) is 0 Å². The molecular weight excluding hydrogens is 292 g/mol. The number of hydrogen-bond donors (Lipinski definition) is 0. The number of aromatic nitrogens is 1. The zero-order valence-corrected chi connectivity index (χ0v) is 13.4. The molecule has 1 aromatic heterocycles. The van der Waals surface area contributed by atoms with Gasteiger partial charge in [0.2, 0.25) is 0 Å². The first kappa shape index (κ1) is 15.1. The summed E-state index contributed by atoms with van der Waals surface area (Å²) < 4.78 is 7.44. The molecule has 0 spiro atoms. The molecule has 0 amide bonds. The fraction of sp³-hybridized carbons (Fsp3) is 0.222. The standard InChI is InChI=1S/C18H18N2O3/c1-4-5-6-15-16(19-23-12(2)21)11-20-17-8-7-14(22-3)9-13(17)10-18(15)20/h4-10H,11H2,1-3H3/b5-4-,15-6+,19-16+. The smallest absolute Gasteiger partial charge is 0.331 e. The van der Waals surface area contributed by atoms with Crippen LogP contribution in [0.2, 0.25) is 0 Å². The summed E-state index contributed by atoms with van der Waals surface area (Å²) >= 11 is 0. The average molecular weight is 310 g/mol. The molecule has 0 atom stereocenters. The van der Waals surface area contributed by atoms with Gasteiger partial charge in [0.05, 0.1) is 19.3 Å². The highest BCUT2D eigenvalue weighted by Crippen LogP contribution is 2.34. The van der Waals surface area contributed by atoms with E-state index in [-0.39, 0.29) is 0 Å². The number of oxime groups is 1. The lowest BCUT2D eigenvalue weighted by Crippen LogP contribution is -2.03. The highest BCUT2D eigenvalue weighted by atomic mass is 16.7. The van der Waals surface area contributed by atoms with Crippen molar-refractivity contribution in [1.29, 1.82) is 0 Å². The molecule has 2 heterocycles. The maximum absolute atomic E-state index is 11.0.